The van der Waals surface area contributed by atoms with Gasteiger partial charge in [-0.2, -0.15) is 0 Å². The molecular formula is C21H12ClFN2O3S. The average molecular weight is 427 g/mol. The lowest BCUT2D eigenvalue weighted by atomic mass is 9.98. The maximum Gasteiger partial charge on any atom is 0.297 e. The first kappa shape index (κ1) is 18.0. The van der Waals surface area contributed by atoms with Crippen LogP contribution in [-0.2, 0) is 0 Å². The van der Waals surface area contributed by atoms with Crippen molar-refractivity contribution in [1.29, 1.82) is 0 Å². The number of fused-ring (bicyclic) bond motifs is 2. The predicted molar refractivity (Wildman–Crippen MR) is 109 cm³/mol. The fourth-order valence-corrected chi connectivity index (χ4v) is 4.42. The van der Waals surface area contributed by atoms with Gasteiger partial charge in [-0.1, -0.05) is 23.7 Å². The Hall–Kier alpha value is -3.03. The number of aryl methyl sites for hydroxylation is 1. The molecule has 5 rings (SSSR count). The molecule has 1 aliphatic rings. The SMILES string of the molecule is Cc1cc2oc3c(c(=O)c2cc1Cl)[C@H](c1ccc(F)cc1)N(c1nccs1)C3=O. The number of halogens is 2. The van der Waals surface area contributed by atoms with Gasteiger partial charge in [0.2, 0.25) is 5.76 Å². The summed E-state index contributed by atoms with van der Waals surface area (Å²) in [5, 5.41) is 2.89. The number of amides is 1. The van der Waals surface area contributed by atoms with E-state index in [0.29, 0.717) is 26.7 Å². The Morgan fingerprint density at radius 2 is 1.97 bits per heavy atom. The van der Waals surface area contributed by atoms with Crippen LogP contribution in [0, 0.1) is 12.7 Å². The molecule has 5 nitrogen and oxygen atoms in total. The monoisotopic (exact) mass is 426 g/mol. The lowest BCUT2D eigenvalue weighted by Gasteiger charge is -2.22. The van der Waals surface area contributed by atoms with Crippen molar-refractivity contribution in [3.8, 4) is 0 Å². The fraction of sp³-hybridized carbons (Fsp3) is 0.0952. The largest absolute Gasteiger partial charge is 0.450 e. The van der Waals surface area contributed by atoms with Crippen LogP contribution < -0.4 is 10.3 Å². The highest BCUT2D eigenvalue weighted by atomic mass is 35.5. The Kier molecular flexibility index (Phi) is 4.04. The summed E-state index contributed by atoms with van der Waals surface area (Å²) >= 11 is 7.48. The first-order valence-corrected chi connectivity index (χ1v) is 9.97. The van der Waals surface area contributed by atoms with Gasteiger partial charge in [0.1, 0.15) is 11.4 Å². The highest BCUT2D eigenvalue weighted by molar-refractivity contribution is 7.13. The summed E-state index contributed by atoms with van der Waals surface area (Å²) in [6.07, 6.45) is 1.58. The summed E-state index contributed by atoms with van der Waals surface area (Å²) in [6.45, 7) is 1.79. The highest BCUT2D eigenvalue weighted by Gasteiger charge is 2.44. The minimum absolute atomic E-state index is 0.0336. The molecule has 0 radical (unpaired) electrons. The van der Waals surface area contributed by atoms with E-state index in [-0.39, 0.29) is 16.8 Å². The van der Waals surface area contributed by atoms with Gasteiger partial charge in [0, 0.05) is 16.6 Å². The molecule has 144 valence electrons. The fourth-order valence-electron chi connectivity index (χ4n) is 3.59. The Bertz CT molecular complexity index is 1330. The summed E-state index contributed by atoms with van der Waals surface area (Å²) in [6, 6.07) is 8.11. The molecule has 29 heavy (non-hydrogen) atoms. The Labute approximate surface area is 173 Å². The van der Waals surface area contributed by atoms with Gasteiger partial charge < -0.3 is 4.42 Å². The molecular weight excluding hydrogens is 415 g/mol. The number of anilines is 1. The van der Waals surface area contributed by atoms with Gasteiger partial charge in [0.05, 0.1) is 17.0 Å². The van der Waals surface area contributed by atoms with Crippen LogP contribution in [0.2, 0.25) is 5.02 Å². The van der Waals surface area contributed by atoms with Gasteiger partial charge in [0.25, 0.3) is 5.91 Å². The van der Waals surface area contributed by atoms with E-state index >= 15 is 0 Å². The third-order valence-corrected chi connectivity index (χ3v) is 6.14. The zero-order chi connectivity index (χ0) is 20.3. The Morgan fingerprint density at radius 1 is 1.21 bits per heavy atom. The van der Waals surface area contributed by atoms with E-state index in [4.69, 9.17) is 16.0 Å². The number of hydrogen-bond acceptors (Lipinski definition) is 5. The van der Waals surface area contributed by atoms with Gasteiger partial charge >= 0.3 is 0 Å². The predicted octanol–water partition coefficient (Wildman–Crippen LogP) is 5.10. The molecule has 2 aromatic carbocycles. The van der Waals surface area contributed by atoms with E-state index in [0.717, 1.165) is 5.56 Å². The molecule has 2 aromatic heterocycles. The number of carbonyl (C=O) groups excluding carboxylic acids is 1. The number of rotatable bonds is 2. The maximum absolute atomic E-state index is 13.5. The molecule has 1 atom stereocenters. The molecule has 0 saturated carbocycles. The van der Waals surface area contributed by atoms with Gasteiger partial charge in [-0.05, 0) is 42.3 Å². The summed E-state index contributed by atoms with van der Waals surface area (Å²) in [7, 11) is 0. The minimum Gasteiger partial charge on any atom is -0.450 e. The molecule has 0 saturated heterocycles. The number of benzene rings is 2. The highest BCUT2D eigenvalue weighted by Crippen LogP contribution is 2.42. The second kappa shape index (κ2) is 6.50. The van der Waals surface area contributed by atoms with E-state index in [2.05, 4.69) is 4.98 Å². The summed E-state index contributed by atoms with van der Waals surface area (Å²) in [5.74, 6) is -0.906. The zero-order valence-corrected chi connectivity index (χ0v) is 16.6. The molecule has 0 bridgehead atoms. The second-order valence-electron chi connectivity index (χ2n) is 6.72. The van der Waals surface area contributed by atoms with Crippen LogP contribution in [0.5, 0.6) is 0 Å². The topological polar surface area (TPSA) is 63.4 Å². The van der Waals surface area contributed by atoms with Crippen molar-refractivity contribution in [2.24, 2.45) is 0 Å². The van der Waals surface area contributed by atoms with Crippen molar-refractivity contribution in [3.63, 3.8) is 0 Å². The molecule has 4 aromatic rings. The number of carbonyl (C=O) groups is 1. The van der Waals surface area contributed by atoms with Crippen molar-refractivity contribution in [3.05, 3.63) is 91.5 Å². The van der Waals surface area contributed by atoms with Crippen molar-refractivity contribution in [2.75, 3.05) is 4.90 Å². The van der Waals surface area contributed by atoms with Gasteiger partial charge in [-0.25, -0.2) is 9.37 Å². The number of aromatic nitrogens is 1. The lowest BCUT2D eigenvalue weighted by Crippen LogP contribution is -2.29. The van der Waals surface area contributed by atoms with Gasteiger partial charge in [-0.15, -0.1) is 11.3 Å². The second-order valence-corrected chi connectivity index (χ2v) is 8.00. The average Bonchev–Trinajstić information content (AvgIpc) is 3.31. The lowest BCUT2D eigenvalue weighted by molar-refractivity contribution is 0.0971. The van der Waals surface area contributed by atoms with Crippen LogP contribution in [0.4, 0.5) is 9.52 Å². The number of nitrogens with zero attached hydrogens (tertiary/aromatic N) is 2. The maximum atomic E-state index is 13.5. The normalized spacial score (nSPS) is 15.9. The Balaban J connectivity index is 1.84. The molecule has 0 unspecified atom stereocenters. The van der Waals surface area contributed by atoms with E-state index in [1.54, 1.807) is 42.8 Å². The molecule has 1 aliphatic heterocycles. The molecule has 0 fully saturated rings. The molecule has 0 spiro atoms. The molecule has 0 N–H and O–H groups in total. The molecule has 8 heteroatoms. The third-order valence-electron chi connectivity index (χ3n) is 4.96. The third kappa shape index (κ3) is 2.69. The van der Waals surface area contributed by atoms with Crippen molar-refractivity contribution >= 4 is 44.9 Å². The standard InChI is InChI=1S/C21H12ClFN2O3S/c1-10-8-15-13(9-14(10)22)18(26)16-17(11-2-4-12(23)5-3-11)25(20(27)19(16)28-15)21-24-6-7-29-21/h2-9,17H,1H3/t17-/m0/s1. The van der Waals surface area contributed by atoms with E-state index in [9.17, 15) is 14.0 Å². The van der Waals surface area contributed by atoms with Crippen molar-refractivity contribution < 1.29 is 13.6 Å². The molecule has 1 amide bonds. The first-order valence-electron chi connectivity index (χ1n) is 8.71. The van der Waals surface area contributed by atoms with Gasteiger partial charge in [-0.3, -0.25) is 14.5 Å². The van der Waals surface area contributed by atoms with Gasteiger partial charge in [0.15, 0.2) is 10.6 Å². The zero-order valence-electron chi connectivity index (χ0n) is 15.0. The molecule has 3 heterocycles. The van der Waals surface area contributed by atoms with E-state index in [1.165, 1.54) is 28.4 Å². The molecule has 0 aliphatic carbocycles. The van der Waals surface area contributed by atoms with Crippen LogP contribution >= 0.6 is 22.9 Å². The quantitative estimate of drug-likeness (QED) is 0.447. The summed E-state index contributed by atoms with van der Waals surface area (Å²) in [5.41, 5.74) is 1.47. The van der Waals surface area contributed by atoms with Crippen LogP contribution in [-0.4, -0.2) is 10.9 Å². The smallest absolute Gasteiger partial charge is 0.297 e. The van der Waals surface area contributed by atoms with Crippen LogP contribution in [0.15, 0.2) is 57.2 Å². The van der Waals surface area contributed by atoms with Crippen molar-refractivity contribution in [2.45, 2.75) is 13.0 Å². The number of thiazole rings is 1. The number of hydrogen-bond donors (Lipinski definition) is 0. The van der Waals surface area contributed by atoms with Crippen molar-refractivity contribution in [1.82, 2.24) is 4.98 Å². The van der Waals surface area contributed by atoms with E-state index < -0.39 is 17.8 Å². The van der Waals surface area contributed by atoms with Crippen LogP contribution in [0.3, 0.4) is 0 Å². The van der Waals surface area contributed by atoms with Crippen LogP contribution in [0.25, 0.3) is 11.0 Å². The van der Waals surface area contributed by atoms with E-state index in [1.807, 2.05) is 0 Å². The van der Waals surface area contributed by atoms with Crippen LogP contribution in [0.1, 0.15) is 33.3 Å². The first-order chi connectivity index (χ1) is 14.0. The summed E-state index contributed by atoms with van der Waals surface area (Å²) in [4.78, 5) is 32.3. The Morgan fingerprint density at radius 3 is 2.66 bits per heavy atom. The summed E-state index contributed by atoms with van der Waals surface area (Å²) < 4.78 is 19.4. The minimum atomic E-state index is -0.773.